The van der Waals surface area contributed by atoms with Gasteiger partial charge in [0.1, 0.15) is 25.9 Å². The second kappa shape index (κ2) is 30.6. The lowest BCUT2D eigenvalue weighted by atomic mass is 10.0. The Bertz CT molecular complexity index is 741. The molecular formula is C36H72NO7P. The SMILES string of the molecule is CCCCCCCCCC/C=C\CCCCCCCCCCCCCCCC(=O)OCC(O)COP(=O)([O-])OCC[N+](C)(C)C. The monoisotopic (exact) mass is 662 g/mol. The van der Waals surface area contributed by atoms with Crippen LogP contribution in [0.4, 0.5) is 0 Å². The molecule has 0 fully saturated rings. The number of hydrogen-bond acceptors (Lipinski definition) is 7. The highest BCUT2D eigenvalue weighted by molar-refractivity contribution is 7.45. The van der Waals surface area contributed by atoms with E-state index in [1.807, 2.05) is 21.1 Å². The number of unbranched alkanes of at least 4 members (excludes halogenated alkanes) is 21. The molecule has 268 valence electrons. The fraction of sp³-hybridized carbons (Fsp3) is 0.917. The summed E-state index contributed by atoms with van der Waals surface area (Å²) < 4.78 is 26.8. The van der Waals surface area contributed by atoms with E-state index in [4.69, 9.17) is 9.26 Å². The van der Waals surface area contributed by atoms with Gasteiger partial charge in [-0.2, -0.15) is 0 Å². The highest BCUT2D eigenvalue weighted by Gasteiger charge is 2.16. The van der Waals surface area contributed by atoms with Crippen LogP contribution < -0.4 is 4.89 Å². The second-order valence-electron chi connectivity index (χ2n) is 13.8. The molecule has 45 heavy (non-hydrogen) atoms. The summed E-state index contributed by atoms with van der Waals surface area (Å²) in [5.41, 5.74) is 0. The van der Waals surface area contributed by atoms with Crippen LogP contribution in [-0.2, 0) is 23.1 Å². The average Bonchev–Trinajstić information content (AvgIpc) is 2.98. The topological polar surface area (TPSA) is 105 Å². The molecule has 0 saturated carbocycles. The molecule has 9 heteroatoms. The van der Waals surface area contributed by atoms with Gasteiger partial charge < -0.3 is 28.3 Å². The number of quaternary nitrogens is 1. The van der Waals surface area contributed by atoms with E-state index < -0.39 is 20.5 Å². The Morgan fingerprint density at radius 2 is 1.11 bits per heavy atom. The van der Waals surface area contributed by atoms with Crippen molar-refractivity contribution in [2.45, 2.75) is 167 Å². The van der Waals surface area contributed by atoms with Gasteiger partial charge in [-0.25, -0.2) is 0 Å². The first-order valence-electron chi connectivity index (χ1n) is 18.4. The zero-order chi connectivity index (χ0) is 33.5. The maximum atomic E-state index is 11.9. The number of carbonyl (C=O) groups is 1. The molecule has 0 saturated heterocycles. The lowest BCUT2D eigenvalue weighted by molar-refractivity contribution is -0.870. The number of phosphoric ester groups is 1. The highest BCUT2D eigenvalue weighted by Crippen LogP contribution is 2.38. The molecule has 0 spiro atoms. The van der Waals surface area contributed by atoms with Crippen molar-refractivity contribution in [3.05, 3.63) is 12.2 Å². The molecule has 2 atom stereocenters. The maximum Gasteiger partial charge on any atom is 0.305 e. The fourth-order valence-corrected chi connectivity index (χ4v) is 5.79. The molecule has 2 unspecified atom stereocenters. The fourth-order valence-electron chi connectivity index (χ4n) is 5.06. The number of phosphoric acid groups is 1. The van der Waals surface area contributed by atoms with Gasteiger partial charge in [0.05, 0.1) is 27.7 Å². The summed E-state index contributed by atoms with van der Waals surface area (Å²) in [5.74, 6) is -0.385. The Labute approximate surface area is 277 Å². The van der Waals surface area contributed by atoms with Gasteiger partial charge in [-0.15, -0.1) is 0 Å². The third-order valence-electron chi connectivity index (χ3n) is 8.02. The minimum absolute atomic E-state index is 0.00653. The maximum absolute atomic E-state index is 11.9. The molecule has 8 nitrogen and oxygen atoms in total. The Kier molecular flexibility index (Phi) is 30.0. The molecule has 0 heterocycles. The first-order valence-corrected chi connectivity index (χ1v) is 19.9. The van der Waals surface area contributed by atoms with E-state index in [-0.39, 0.29) is 19.2 Å². The summed E-state index contributed by atoms with van der Waals surface area (Å²) in [6.45, 7) is 1.96. The molecule has 0 aromatic carbocycles. The van der Waals surface area contributed by atoms with Gasteiger partial charge >= 0.3 is 5.97 Å². The van der Waals surface area contributed by atoms with Crippen LogP contribution in [0.2, 0.25) is 0 Å². The van der Waals surface area contributed by atoms with Crippen LogP contribution in [0.3, 0.4) is 0 Å². The van der Waals surface area contributed by atoms with E-state index in [9.17, 15) is 19.4 Å². The van der Waals surface area contributed by atoms with Crippen LogP contribution in [0.15, 0.2) is 12.2 Å². The van der Waals surface area contributed by atoms with Crippen LogP contribution in [0.1, 0.15) is 161 Å². The van der Waals surface area contributed by atoms with E-state index in [0.29, 0.717) is 17.4 Å². The van der Waals surface area contributed by atoms with Gasteiger partial charge in [0.15, 0.2) is 0 Å². The zero-order valence-corrected chi connectivity index (χ0v) is 30.7. The highest BCUT2D eigenvalue weighted by atomic mass is 31.2. The molecule has 0 radical (unpaired) electrons. The van der Waals surface area contributed by atoms with Crippen LogP contribution in [0.25, 0.3) is 0 Å². The Balaban J connectivity index is 3.40. The van der Waals surface area contributed by atoms with Crippen molar-refractivity contribution in [2.75, 3.05) is 47.5 Å². The van der Waals surface area contributed by atoms with Crippen molar-refractivity contribution < 1.29 is 37.6 Å². The number of hydrogen-bond donors (Lipinski definition) is 1. The van der Waals surface area contributed by atoms with Gasteiger partial charge in [-0.05, 0) is 32.1 Å². The van der Waals surface area contributed by atoms with Gasteiger partial charge in [-0.3, -0.25) is 9.36 Å². The number of carbonyl (C=O) groups excluding carboxylic acids is 1. The van der Waals surface area contributed by atoms with Crippen molar-refractivity contribution in [3.8, 4) is 0 Å². The van der Waals surface area contributed by atoms with Crippen molar-refractivity contribution in [2.24, 2.45) is 0 Å². The van der Waals surface area contributed by atoms with Crippen LogP contribution in [-0.4, -0.2) is 69.2 Å². The normalized spacial score (nSPS) is 14.2. The second-order valence-corrected chi connectivity index (χ2v) is 15.2. The number of likely N-dealkylation sites (N-methyl/N-ethyl adjacent to an activating group) is 1. The standard InChI is InChI=1S/C36H72NO7P/c1-5-6-7-8-9-10-11-12-13-14-15-16-17-18-19-20-21-22-23-24-25-26-27-28-29-30-36(39)42-33-35(38)34-44-45(40,41)43-32-31-37(2,3)4/h14-15,35,38H,5-13,16-34H2,1-4H3/b15-14-. The molecule has 0 aromatic rings. The van der Waals surface area contributed by atoms with Crippen molar-refractivity contribution in [1.82, 2.24) is 0 Å². The molecule has 0 rings (SSSR count). The largest absolute Gasteiger partial charge is 0.756 e. The van der Waals surface area contributed by atoms with Crippen molar-refractivity contribution in [1.29, 1.82) is 0 Å². The van der Waals surface area contributed by atoms with Gasteiger partial charge in [0.25, 0.3) is 7.82 Å². The number of rotatable bonds is 34. The van der Waals surface area contributed by atoms with E-state index >= 15 is 0 Å². The van der Waals surface area contributed by atoms with Crippen LogP contribution in [0.5, 0.6) is 0 Å². The first-order chi connectivity index (χ1) is 21.6. The predicted octanol–water partition coefficient (Wildman–Crippen LogP) is 9.04. The number of allylic oxidation sites excluding steroid dienone is 2. The summed E-state index contributed by atoms with van der Waals surface area (Å²) in [4.78, 5) is 23.6. The van der Waals surface area contributed by atoms with E-state index in [0.717, 1.165) is 19.3 Å². The number of aliphatic hydroxyl groups is 1. The first kappa shape index (κ1) is 44.2. The molecule has 0 amide bonds. The van der Waals surface area contributed by atoms with Crippen LogP contribution >= 0.6 is 7.82 Å². The quantitative estimate of drug-likeness (QED) is 0.0241. The summed E-state index contributed by atoms with van der Waals surface area (Å²) in [7, 11) is 1.26. The summed E-state index contributed by atoms with van der Waals surface area (Å²) in [5, 5.41) is 9.86. The Hall–Kier alpha value is -0.760. The summed E-state index contributed by atoms with van der Waals surface area (Å²) in [6.07, 6.45) is 33.7. The van der Waals surface area contributed by atoms with Crippen molar-refractivity contribution in [3.63, 3.8) is 0 Å². The third-order valence-corrected chi connectivity index (χ3v) is 8.98. The van der Waals surface area contributed by atoms with Gasteiger partial charge in [-0.1, -0.05) is 135 Å². The van der Waals surface area contributed by atoms with E-state index in [1.165, 1.54) is 128 Å². The Morgan fingerprint density at radius 3 is 1.56 bits per heavy atom. The predicted molar refractivity (Wildman–Crippen MR) is 185 cm³/mol. The molecule has 0 aromatic heterocycles. The number of esters is 1. The summed E-state index contributed by atoms with van der Waals surface area (Å²) in [6, 6.07) is 0. The molecule has 1 N–H and O–H groups in total. The average molecular weight is 662 g/mol. The Morgan fingerprint density at radius 1 is 0.689 bits per heavy atom. The third kappa shape index (κ3) is 35.9. The lowest BCUT2D eigenvalue weighted by Gasteiger charge is -2.27. The molecular weight excluding hydrogens is 589 g/mol. The molecule has 0 aliphatic rings. The van der Waals surface area contributed by atoms with Crippen molar-refractivity contribution >= 4 is 13.8 Å². The molecule has 0 bridgehead atoms. The molecule has 0 aliphatic heterocycles. The van der Waals surface area contributed by atoms with Gasteiger partial charge in [0.2, 0.25) is 0 Å². The zero-order valence-electron chi connectivity index (χ0n) is 29.8. The minimum atomic E-state index is -4.50. The number of ether oxygens (including phenoxy) is 1. The van der Waals surface area contributed by atoms with E-state index in [2.05, 4.69) is 23.6 Å². The van der Waals surface area contributed by atoms with Crippen LogP contribution in [0, 0.1) is 0 Å². The van der Waals surface area contributed by atoms with Gasteiger partial charge in [0, 0.05) is 6.42 Å². The number of aliphatic hydroxyl groups excluding tert-OH is 1. The van der Waals surface area contributed by atoms with E-state index in [1.54, 1.807) is 0 Å². The smallest absolute Gasteiger partial charge is 0.305 e. The summed E-state index contributed by atoms with van der Waals surface area (Å²) >= 11 is 0. The molecule has 0 aliphatic carbocycles. The number of nitrogens with zero attached hydrogens (tertiary/aromatic N) is 1. The minimum Gasteiger partial charge on any atom is -0.756 e. The lowest BCUT2D eigenvalue weighted by Crippen LogP contribution is -2.37.